The number of rotatable bonds is 4. The number of hydrogen-bond donors (Lipinski definition) is 1. The van der Waals surface area contributed by atoms with Gasteiger partial charge in [0.2, 0.25) is 0 Å². The van der Waals surface area contributed by atoms with Gasteiger partial charge < -0.3 is 10.1 Å². The van der Waals surface area contributed by atoms with Gasteiger partial charge in [-0.05, 0) is 52.1 Å². The maximum absolute atomic E-state index is 5.48. The number of hydrogen-bond acceptors (Lipinski definition) is 3. The fraction of sp³-hybridized carbons (Fsp3) is 0.176. The number of thiophene rings is 1. The highest BCUT2D eigenvalue weighted by Gasteiger charge is 2.17. The van der Waals surface area contributed by atoms with E-state index in [1.54, 1.807) is 18.4 Å². The third kappa shape index (κ3) is 2.71. The van der Waals surface area contributed by atoms with E-state index in [1.165, 1.54) is 15.8 Å². The summed E-state index contributed by atoms with van der Waals surface area (Å²) in [6, 6.07) is 17.0. The Morgan fingerprint density at radius 1 is 1.05 bits per heavy atom. The first-order chi connectivity index (χ1) is 10.2. The summed E-state index contributed by atoms with van der Waals surface area (Å²) in [5, 5.41) is 5.80. The van der Waals surface area contributed by atoms with Crippen molar-refractivity contribution in [2.45, 2.75) is 6.04 Å². The molecular formula is C17H16BrNOS. The SMILES string of the molecule is CNC(c1ccc(Br)s1)c1ccc(OC)c2ccccc12. The fourth-order valence-corrected chi connectivity index (χ4v) is 4.21. The van der Waals surface area contributed by atoms with Gasteiger partial charge in [0.05, 0.1) is 16.9 Å². The largest absolute Gasteiger partial charge is 0.496 e. The van der Waals surface area contributed by atoms with Crippen molar-refractivity contribution >= 4 is 38.0 Å². The van der Waals surface area contributed by atoms with Crippen LogP contribution in [0.1, 0.15) is 16.5 Å². The van der Waals surface area contributed by atoms with Crippen molar-refractivity contribution in [3.05, 3.63) is 62.8 Å². The molecule has 3 rings (SSSR count). The molecule has 1 atom stereocenters. The van der Waals surface area contributed by atoms with Crippen molar-refractivity contribution in [2.24, 2.45) is 0 Å². The second-order valence-electron chi connectivity index (χ2n) is 4.77. The number of methoxy groups -OCH3 is 1. The lowest BCUT2D eigenvalue weighted by molar-refractivity contribution is 0.419. The summed E-state index contributed by atoms with van der Waals surface area (Å²) < 4.78 is 6.63. The highest BCUT2D eigenvalue weighted by Crippen LogP contribution is 2.36. The van der Waals surface area contributed by atoms with Crippen molar-refractivity contribution in [3.63, 3.8) is 0 Å². The van der Waals surface area contributed by atoms with Crippen LogP contribution in [0.15, 0.2) is 52.3 Å². The Hall–Kier alpha value is -1.36. The van der Waals surface area contributed by atoms with Gasteiger partial charge in [0.1, 0.15) is 5.75 Å². The molecule has 1 heterocycles. The Morgan fingerprint density at radius 3 is 2.43 bits per heavy atom. The van der Waals surface area contributed by atoms with Crippen LogP contribution in [0.3, 0.4) is 0 Å². The summed E-state index contributed by atoms with van der Waals surface area (Å²) in [6.45, 7) is 0. The van der Waals surface area contributed by atoms with Crippen LogP contribution in [0.2, 0.25) is 0 Å². The van der Waals surface area contributed by atoms with Crippen LogP contribution >= 0.6 is 27.3 Å². The van der Waals surface area contributed by atoms with Crippen LogP contribution in [-0.4, -0.2) is 14.2 Å². The number of halogens is 1. The van der Waals surface area contributed by atoms with E-state index in [4.69, 9.17) is 4.74 Å². The summed E-state index contributed by atoms with van der Waals surface area (Å²) in [4.78, 5) is 1.29. The molecule has 21 heavy (non-hydrogen) atoms. The summed E-state index contributed by atoms with van der Waals surface area (Å²) in [5.41, 5.74) is 1.27. The second kappa shape index (κ2) is 6.18. The molecule has 0 saturated heterocycles. The van der Waals surface area contributed by atoms with E-state index in [1.807, 2.05) is 19.2 Å². The average molecular weight is 362 g/mol. The van der Waals surface area contributed by atoms with Gasteiger partial charge in [0, 0.05) is 10.3 Å². The van der Waals surface area contributed by atoms with Gasteiger partial charge in [0.25, 0.3) is 0 Å². The molecule has 1 N–H and O–H groups in total. The Labute approximate surface area is 136 Å². The van der Waals surface area contributed by atoms with Crippen molar-refractivity contribution in [2.75, 3.05) is 14.2 Å². The fourth-order valence-electron chi connectivity index (χ4n) is 2.66. The zero-order valence-corrected chi connectivity index (χ0v) is 14.3. The Bertz CT molecular complexity index is 768. The van der Waals surface area contributed by atoms with E-state index in [9.17, 15) is 0 Å². The standard InChI is InChI=1S/C17H16BrNOS/c1-19-17(15-9-10-16(18)21-15)13-7-8-14(20-2)12-6-4-3-5-11(12)13/h3-10,17,19H,1-2H3. The lowest BCUT2D eigenvalue weighted by Gasteiger charge is -2.18. The molecule has 0 aliphatic rings. The lowest BCUT2D eigenvalue weighted by Crippen LogP contribution is -2.16. The molecule has 0 aliphatic carbocycles. The zero-order chi connectivity index (χ0) is 14.8. The van der Waals surface area contributed by atoms with Gasteiger partial charge in [-0.1, -0.05) is 30.3 Å². The molecule has 4 heteroatoms. The highest BCUT2D eigenvalue weighted by molar-refractivity contribution is 9.11. The Balaban J connectivity index is 2.19. The second-order valence-corrected chi connectivity index (χ2v) is 7.26. The van der Waals surface area contributed by atoms with Gasteiger partial charge in [-0.2, -0.15) is 0 Å². The summed E-state index contributed by atoms with van der Waals surface area (Å²) in [7, 11) is 3.71. The smallest absolute Gasteiger partial charge is 0.126 e. The Morgan fingerprint density at radius 2 is 1.81 bits per heavy atom. The molecule has 0 aliphatic heterocycles. The van der Waals surface area contributed by atoms with Crippen LogP contribution in [0.25, 0.3) is 10.8 Å². The molecule has 0 bridgehead atoms. The molecule has 2 nitrogen and oxygen atoms in total. The predicted molar refractivity (Wildman–Crippen MR) is 93.4 cm³/mol. The van der Waals surface area contributed by atoms with Gasteiger partial charge in [-0.3, -0.25) is 0 Å². The lowest BCUT2D eigenvalue weighted by atomic mass is 9.97. The van der Waals surface area contributed by atoms with Gasteiger partial charge in [0.15, 0.2) is 0 Å². The van der Waals surface area contributed by atoms with Crippen LogP contribution in [0, 0.1) is 0 Å². The first kappa shape index (κ1) is 14.6. The summed E-state index contributed by atoms with van der Waals surface area (Å²) >= 11 is 5.30. The van der Waals surface area contributed by atoms with E-state index in [0.29, 0.717) is 0 Å². The molecule has 0 saturated carbocycles. The van der Waals surface area contributed by atoms with Crippen LogP contribution < -0.4 is 10.1 Å². The van der Waals surface area contributed by atoms with E-state index in [-0.39, 0.29) is 6.04 Å². The zero-order valence-electron chi connectivity index (χ0n) is 11.9. The van der Waals surface area contributed by atoms with Gasteiger partial charge in [-0.25, -0.2) is 0 Å². The maximum atomic E-state index is 5.48. The molecular weight excluding hydrogens is 346 g/mol. The quantitative estimate of drug-likeness (QED) is 0.707. The molecule has 0 fully saturated rings. The number of nitrogens with one attached hydrogen (secondary N) is 1. The summed E-state index contributed by atoms with van der Waals surface area (Å²) in [6.07, 6.45) is 0. The van der Waals surface area contributed by atoms with E-state index >= 15 is 0 Å². The molecule has 0 radical (unpaired) electrons. The summed E-state index contributed by atoms with van der Waals surface area (Å²) in [5.74, 6) is 0.913. The molecule has 1 aromatic heterocycles. The molecule has 0 amide bonds. The topological polar surface area (TPSA) is 21.3 Å². The highest BCUT2D eigenvalue weighted by atomic mass is 79.9. The first-order valence-corrected chi connectivity index (χ1v) is 8.33. The predicted octanol–water partition coefficient (Wildman–Crippen LogP) is 4.98. The molecule has 108 valence electrons. The van der Waals surface area contributed by atoms with Crippen LogP contribution in [0.5, 0.6) is 5.75 Å². The van der Waals surface area contributed by atoms with Gasteiger partial charge in [-0.15, -0.1) is 11.3 Å². The van der Waals surface area contributed by atoms with E-state index in [0.717, 1.165) is 14.9 Å². The van der Waals surface area contributed by atoms with Crippen molar-refractivity contribution in [1.29, 1.82) is 0 Å². The Kier molecular flexibility index (Phi) is 4.29. The monoisotopic (exact) mass is 361 g/mol. The van der Waals surface area contributed by atoms with E-state index < -0.39 is 0 Å². The van der Waals surface area contributed by atoms with Crippen molar-refractivity contribution in [1.82, 2.24) is 5.32 Å². The molecule has 3 aromatic rings. The van der Waals surface area contributed by atoms with Crippen LogP contribution in [-0.2, 0) is 0 Å². The van der Waals surface area contributed by atoms with Crippen LogP contribution in [0.4, 0.5) is 0 Å². The minimum absolute atomic E-state index is 0.178. The third-order valence-corrected chi connectivity index (χ3v) is 5.30. The molecule has 1 unspecified atom stereocenters. The minimum Gasteiger partial charge on any atom is -0.496 e. The van der Waals surface area contributed by atoms with Crippen molar-refractivity contribution < 1.29 is 4.74 Å². The number of benzene rings is 2. The molecule has 2 aromatic carbocycles. The molecule has 0 spiro atoms. The third-order valence-electron chi connectivity index (χ3n) is 3.62. The minimum atomic E-state index is 0.178. The van der Waals surface area contributed by atoms with Crippen molar-refractivity contribution in [3.8, 4) is 5.75 Å². The first-order valence-electron chi connectivity index (χ1n) is 6.72. The number of ether oxygens (including phenoxy) is 1. The van der Waals surface area contributed by atoms with E-state index in [2.05, 4.69) is 57.6 Å². The van der Waals surface area contributed by atoms with Gasteiger partial charge >= 0.3 is 0 Å². The number of fused-ring (bicyclic) bond motifs is 1. The normalized spacial score (nSPS) is 12.5. The maximum Gasteiger partial charge on any atom is 0.126 e. The average Bonchev–Trinajstić information content (AvgIpc) is 2.94.